The van der Waals surface area contributed by atoms with Crippen LogP contribution in [-0.2, 0) is 4.79 Å². The van der Waals surface area contributed by atoms with E-state index in [2.05, 4.69) is 15.3 Å². The van der Waals surface area contributed by atoms with E-state index in [4.69, 9.17) is 0 Å². The van der Waals surface area contributed by atoms with Crippen molar-refractivity contribution in [3.05, 3.63) is 22.7 Å². The van der Waals surface area contributed by atoms with Crippen molar-refractivity contribution in [1.82, 2.24) is 14.5 Å². The Morgan fingerprint density at radius 1 is 1.37 bits per heavy atom. The number of rotatable bonds is 3. The van der Waals surface area contributed by atoms with Crippen LogP contribution in [0.1, 0.15) is 33.7 Å². The molecule has 102 valence electrons. The lowest BCUT2D eigenvalue weighted by molar-refractivity contribution is -0.118. The Bertz CT molecular complexity index is 667. The van der Waals surface area contributed by atoms with Crippen LogP contribution in [-0.4, -0.2) is 20.4 Å². The van der Waals surface area contributed by atoms with Crippen LogP contribution < -0.4 is 10.9 Å². The molecule has 0 radical (unpaired) electrons. The van der Waals surface area contributed by atoms with Gasteiger partial charge in [-0.2, -0.15) is 0 Å². The minimum absolute atomic E-state index is 0.134. The summed E-state index contributed by atoms with van der Waals surface area (Å²) < 4.78 is 1.90. The highest BCUT2D eigenvalue weighted by Gasteiger charge is 2.13. The molecule has 2 rings (SSSR count). The quantitative estimate of drug-likeness (QED) is 0.886. The summed E-state index contributed by atoms with van der Waals surface area (Å²) in [6.45, 7) is 7.61. The molecule has 0 unspecified atom stereocenters. The second-order valence-electron chi connectivity index (χ2n) is 5.14. The monoisotopic (exact) mass is 262 g/mol. The van der Waals surface area contributed by atoms with Gasteiger partial charge in [-0.1, -0.05) is 13.8 Å². The Balaban J connectivity index is 2.50. The number of pyridine rings is 1. The molecule has 0 bridgehead atoms. The third kappa shape index (κ3) is 2.52. The SMILES string of the molecule is CC(C)C(=O)Nc1cc2c(ncn2C(C)C)c(=O)[nH]1. The number of fused-ring (bicyclic) bond motifs is 1. The molecule has 6 nitrogen and oxygen atoms in total. The summed E-state index contributed by atoms with van der Waals surface area (Å²) >= 11 is 0. The summed E-state index contributed by atoms with van der Waals surface area (Å²) in [5.74, 6) is 0.124. The Morgan fingerprint density at radius 3 is 2.63 bits per heavy atom. The molecule has 0 saturated carbocycles. The number of carbonyl (C=O) groups is 1. The fourth-order valence-electron chi connectivity index (χ4n) is 1.80. The van der Waals surface area contributed by atoms with Gasteiger partial charge in [0.2, 0.25) is 5.91 Å². The lowest BCUT2D eigenvalue weighted by Crippen LogP contribution is -2.21. The normalized spacial score (nSPS) is 11.5. The first-order valence-corrected chi connectivity index (χ1v) is 6.31. The molecule has 6 heteroatoms. The zero-order valence-electron chi connectivity index (χ0n) is 11.5. The summed E-state index contributed by atoms with van der Waals surface area (Å²) in [6, 6.07) is 1.93. The highest BCUT2D eigenvalue weighted by atomic mass is 16.2. The second-order valence-corrected chi connectivity index (χ2v) is 5.14. The maximum Gasteiger partial charge on any atom is 0.277 e. The minimum Gasteiger partial charge on any atom is -0.328 e. The highest BCUT2D eigenvalue weighted by Crippen LogP contribution is 2.17. The lowest BCUT2D eigenvalue weighted by Gasteiger charge is -2.10. The number of carbonyl (C=O) groups excluding carboxylic acids is 1. The van der Waals surface area contributed by atoms with Gasteiger partial charge in [-0.15, -0.1) is 0 Å². The summed E-state index contributed by atoms with van der Waals surface area (Å²) in [4.78, 5) is 30.3. The first-order chi connectivity index (χ1) is 8.90. The van der Waals surface area contributed by atoms with Crippen LogP contribution >= 0.6 is 0 Å². The fraction of sp³-hybridized carbons (Fsp3) is 0.462. The molecule has 1 amide bonds. The van der Waals surface area contributed by atoms with E-state index >= 15 is 0 Å². The number of amides is 1. The van der Waals surface area contributed by atoms with Gasteiger partial charge in [-0.3, -0.25) is 9.59 Å². The van der Waals surface area contributed by atoms with Gasteiger partial charge in [-0.25, -0.2) is 4.98 Å². The molecular formula is C13H18N4O2. The molecule has 2 aromatic heterocycles. The molecule has 2 heterocycles. The molecule has 0 aromatic carbocycles. The summed E-state index contributed by atoms with van der Waals surface area (Å²) in [7, 11) is 0. The summed E-state index contributed by atoms with van der Waals surface area (Å²) in [5, 5.41) is 2.69. The average Bonchev–Trinajstić information content (AvgIpc) is 2.72. The molecule has 0 aliphatic carbocycles. The van der Waals surface area contributed by atoms with Crippen molar-refractivity contribution in [2.45, 2.75) is 33.7 Å². The molecule has 0 aliphatic rings. The first-order valence-electron chi connectivity index (χ1n) is 6.31. The number of hydrogen-bond donors (Lipinski definition) is 2. The van der Waals surface area contributed by atoms with Gasteiger partial charge in [0.1, 0.15) is 5.82 Å². The molecule has 0 fully saturated rings. The Kier molecular flexibility index (Phi) is 3.42. The van der Waals surface area contributed by atoms with Crippen LogP contribution in [0.15, 0.2) is 17.2 Å². The Morgan fingerprint density at radius 2 is 2.05 bits per heavy atom. The third-order valence-corrected chi connectivity index (χ3v) is 2.91. The standard InChI is InChI=1S/C13H18N4O2/c1-7(2)12(18)15-10-5-9-11(13(19)16-10)14-6-17(9)8(3)4/h5-8H,1-4H3,(H2,15,16,18,19). The molecule has 2 aromatic rings. The van der Waals surface area contributed by atoms with E-state index in [1.165, 1.54) is 0 Å². The average molecular weight is 262 g/mol. The van der Waals surface area contributed by atoms with Gasteiger partial charge in [0.05, 0.1) is 11.8 Å². The van der Waals surface area contributed by atoms with Crippen LogP contribution in [0.5, 0.6) is 0 Å². The largest absolute Gasteiger partial charge is 0.328 e. The van der Waals surface area contributed by atoms with Crippen molar-refractivity contribution in [2.75, 3.05) is 5.32 Å². The third-order valence-electron chi connectivity index (χ3n) is 2.91. The van der Waals surface area contributed by atoms with Crippen molar-refractivity contribution >= 4 is 22.8 Å². The Labute approximate surface area is 110 Å². The van der Waals surface area contributed by atoms with Gasteiger partial charge in [0.25, 0.3) is 5.56 Å². The van der Waals surface area contributed by atoms with Crippen LogP contribution in [0, 0.1) is 5.92 Å². The minimum atomic E-state index is -0.295. The predicted molar refractivity (Wildman–Crippen MR) is 74.2 cm³/mol. The molecule has 0 saturated heterocycles. The number of H-pyrrole nitrogens is 1. The second kappa shape index (κ2) is 4.87. The van der Waals surface area contributed by atoms with Crippen LogP contribution in [0.2, 0.25) is 0 Å². The van der Waals surface area contributed by atoms with Crippen molar-refractivity contribution in [3.63, 3.8) is 0 Å². The number of nitrogens with one attached hydrogen (secondary N) is 2. The molecule has 0 spiro atoms. The van der Waals surface area contributed by atoms with Gasteiger partial charge in [-0.05, 0) is 13.8 Å². The van der Waals surface area contributed by atoms with E-state index in [0.717, 1.165) is 5.52 Å². The van der Waals surface area contributed by atoms with Gasteiger partial charge in [0.15, 0.2) is 5.52 Å². The first kappa shape index (κ1) is 13.3. The van der Waals surface area contributed by atoms with Gasteiger partial charge in [0, 0.05) is 18.0 Å². The van der Waals surface area contributed by atoms with E-state index in [9.17, 15) is 9.59 Å². The van der Waals surface area contributed by atoms with E-state index < -0.39 is 0 Å². The lowest BCUT2D eigenvalue weighted by atomic mass is 10.2. The van der Waals surface area contributed by atoms with E-state index in [1.54, 1.807) is 26.2 Å². The number of anilines is 1. The van der Waals surface area contributed by atoms with E-state index in [-0.39, 0.29) is 23.4 Å². The van der Waals surface area contributed by atoms with Crippen molar-refractivity contribution in [2.24, 2.45) is 5.92 Å². The highest BCUT2D eigenvalue weighted by molar-refractivity contribution is 5.92. The molecule has 19 heavy (non-hydrogen) atoms. The van der Waals surface area contributed by atoms with E-state index in [1.807, 2.05) is 18.4 Å². The van der Waals surface area contributed by atoms with E-state index in [0.29, 0.717) is 11.3 Å². The zero-order valence-corrected chi connectivity index (χ0v) is 11.5. The van der Waals surface area contributed by atoms with Gasteiger partial charge >= 0.3 is 0 Å². The van der Waals surface area contributed by atoms with Crippen LogP contribution in [0.3, 0.4) is 0 Å². The Hall–Kier alpha value is -2.11. The van der Waals surface area contributed by atoms with Crippen molar-refractivity contribution in [1.29, 1.82) is 0 Å². The number of imidazole rings is 1. The summed E-state index contributed by atoms with van der Waals surface area (Å²) in [5.41, 5.74) is 0.810. The predicted octanol–water partition coefficient (Wildman–Crippen LogP) is 1.90. The summed E-state index contributed by atoms with van der Waals surface area (Å²) in [6.07, 6.45) is 1.64. The van der Waals surface area contributed by atoms with Crippen molar-refractivity contribution < 1.29 is 4.79 Å². The smallest absolute Gasteiger partial charge is 0.277 e. The number of aromatic nitrogens is 3. The maximum absolute atomic E-state index is 11.9. The van der Waals surface area contributed by atoms with Crippen LogP contribution in [0.4, 0.5) is 5.82 Å². The zero-order chi connectivity index (χ0) is 14.2. The number of aromatic amines is 1. The van der Waals surface area contributed by atoms with Crippen LogP contribution in [0.25, 0.3) is 11.0 Å². The van der Waals surface area contributed by atoms with Crippen molar-refractivity contribution in [3.8, 4) is 0 Å². The fourth-order valence-corrected chi connectivity index (χ4v) is 1.80. The molecule has 0 atom stereocenters. The molecule has 0 aliphatic heterocycles. The number of nitrogens with zero attached hydrogens (tertiary/aromatic N) is 2. The molecule has 2 N–H and O–H groups in total. The maximum atomic E-state index is 11.9. The number of hydrogen-bond acceptors (Lipinski definition) is 3. The van der Waals surface area contributed by atoms with Gasteiger partial charge < -0.3 is 14.9 Å². The molecular weight excluding hydrogens is 244 g/mol. The topological polar surface area (TPSA) is 79.8 Å².